The van der Waals surface area contributed by atoms with Crippen LogP contribution in [0.15, 0.2) is 76.4 Å². The maximum absolute atomic E-state index is 12.9. The van der Waals surface area contributed by atoms with Gasteiger partial charge in [0.1, 0.15) is 4.60 Å². The minimum absolute atomic E-state index is 0.0466. The van der Waals surface area contributed by atoms with Crippen molar-refractivity contribution in [3.05, 3.63) is 82.0 Å². The molecule has 1 aromatic heterocycles. The zero-order chi connectivity index (χ0) is 20.3. The molecule has 3 aromatic rings. The molecule has 0 fully saturated rings. The van der Waals surface area contributed by atoms with Crippen molar-refractivity contribution in [1.82, 2.24) is 4.98 Å². The SMILES string of the molecule is CN(c1cccc(Cl)c1)S(=O)(=O)c1cccc(C(=O)Oc2cccnc2Br)c1. The van der Waals surface area contributed by atoms with E-state index in [-0.39, 0.29) is 16.2 Å². The Bertz CT molecular complexity index is 1140. The van der Waals surface area contributed by atoms with E-state index in [9.17, 15) is 13.2 Å². The highest BCUT2D eigenvalue weighted by atomic mass is 79.9. The minimum Gasteiger partial charge on any atom is -0.420 e. The van der Waals surface area contributed by atoms with Gasteiger partial charge in [-0.1, -0.05) is 23.7 Å². The van der Waals surface area contributed by atoms with Gasteiger partial charge in [0.15, 0.2) is 5.75 Å². The van der Waals surface area contributed by atoms with Gasteiger partial charge in [0, 0.05) is 18.3 Å². The van der Waals surface area contributed by atoms with Gasteiger partial charge < -0.3 is 4.74 Å². The molecule has 0 atom stereocenters. The highest BCUT2D eigenvalue weighted by molar-refractivity contribution is 9.10. The van der Waals surface area contributed by atoms with Crippen molar-refractivity contribution >= 4 is 49.2 Å². The quantitative estimate of drug-likeness (QED) is 0.395. The first-order chi connectivity index (χ1) is 13.3. The van der Waals surface area contributed by atoms with E-state index in [2.05, 4.69) is 20.9 Å². The Morgan fingerprint density at radius 3 is 2.57 bits per heavy atom. The van der Waals surface area contributed by atoms with Crippen LogP contribution in [0.4, 0.5) is 5.69 Å². The third kappa shape index (κ3) is 4.35. The van der Waals surface area contributed by atoms with E-state index in [4.69, 9.17) is 16.3 Å². The lowest BCUT2D eigenvalue weighted by Crippen LogP contribution is -2.26. The normalized spacial score (nSPS) is 11.1. The maximum atomic E-state index is 12.9. The minimum atomic E-state index is -3.90. The predicted molar refractivity (Wildman–Crippen MR) is 110 cm³/mol. The summed E-state index contributed by atoms with van der Waals surface area (Å²) in [6, 6.07) is 15.3. The van der Waals surface area contributed by atoms with Crippen molar-refractivity contribution in [1.29, 1.82) is 0 Å². The van der Waals surface area contributed by atoms with Crippen LogP contribution >= 0.6 is 27.5 Å². The zero-order valence-electron chi connectivity index (χ0n) is 14.5. The van der Waals surface area contributed by atoms with Crippen molar-refractivity contribution < 1.29 is 17.9 Å². The predicted octanol–water partition coefficient (Wildman–Crippen LogP) is 4.54. The number of ether oxygens (including phenoxy) is 1. The second kappa shape index (κ2) is 8.30. The van der Waals surface area contributed by atoms with Crippen LogP contribution in [0.1, 0.15) is 10.4 Å². The topological polar surface area (TPSA) is 76.6 Å². The fourth-order valence-electron chi connectivity index (χ4n) is 2.36. The number of benzene rings is 2. The number of sulfonamides is 1. The van der Waals surface area contributed by atoms with Crippen molar-refractivity contribution in [2.75, 3.05) is 11.4 Å². The summed E-state index contributed by atoms with van der Waals surface area (Å²) in [4.78, 5) is 16.4. The number of pyridine rings is 1. The molecule has 6 nitrogen and oxygen atoms in total. The largest absolute Gasteiger partial charge is 0.420 e. The number of carbonyl (C=O) groups excluding carboxylic acids is 1. The highest BCUT2D eigenvalue weighted by Gasteiger charge is 2.23. The number of halogens is 2. The lowest BCUT2D eigenvalue weighted by molar-refractivity contribution is 0.0732. The van der Waals surface area contributed by atoms with Crippen LogP contribution in [-0.2, 0) is 10.0 Å². The van der Waals surface area contributed by atoms with Gasteiger partial charge >= 0.3 is 5.97 Å². The third-order valence-corrected chi connectivity index (χ3v) is 6.44. The first-order valence-electron chi connectivity index (χ1n) is 7.96. The lowest BCUT2D eigenvalue weighted by Gasteiger charge is -2.20. The van der Waals surface area contributed by atoms with E-state index in [1.165, 1.54) is 37.4 Å². The summed E-state index contributed by atoms with van der Waals surface area (Å²) >= 11 is 9.14. The Morgan fingerprint density at radius 1 is 1.11 bits per heavy atom. The molecule has 0 aliphatic rings. The fourth-order valence-corrected chi connectivity index (χ4v) is 4.11. The molecule has 0 aliphatic carbocycles. The molecule has 1 heterocycles. The summed E-state index contributed by atoms with van der Waals surface area (Å²) in [5.41, 5.74) is 0.496. The molecule has 0 saturated heterocycles. The smallest absolute Gasteiger partial charge is 0.343 e. The molecule has 0 amide bonds. The van der Waals surface area contributed by atoms with Gasteiger partial charge in [0.25, 0.3) is 10.0 Å². The summed E-state index contributed by atoms with van der Waals surface area (Å²) in [5.74, 6) is -0.465. The number of hydrogen-bond donors (Lipinski definition) is 0. The Hall–Kier alpha value is -2.42. The number of rotatable bonds is 5. The van der Waals surface area contributed by atoms with Crippen LogP contribution in [0.3, 0.4) is 0 Å². The Balaban J connectivity index is 1.89. The molecule has 0 radical (unpaired) electrons. The second-order valence-electron chi connectivity index (χ2n) is 5.66. The molecular weight excluding hydrogens is 468 g/mol. The molecule has 9 heteroatoms. The van der Waals surface area contributed by atoms with Crippen LogP contribution in [0, 0.1) is 0 Å². The van der Waals surface area contributed by atoms with Crippen molar-refractivity contribution in [2.45, 2.75) is 4.90 Å². The van der Waals surface area contributed by atoms with Crippen LogP contribution in [0.25, 0.3) is 0 Å². The molecule has 0 aliphatic heterocycles. The van der Waals surface area contributed by atoms with Crippen molar-refractivity contribution in [3.63, 3.8) is 0 Å². The van der Waals surface area contributed by atoms with E-state index in [0.717, 1.165) is 4.31 Å². The molecule has 144 valence electrons. The zero-order valence-corrected chi connectivity index (χ0v) is 17.7. The molecule has 0 bridgehead atoms. The number of anilines is 1. The first-order valence-corrected chi connectivity index (χ1v) is 10.6. The average molecular weight is 482 g/mol. The Morgan fingerprint density at radius 2 is 1.86 bits per heavy atom. The summed E-state index contributed by atoms with van der Waals surface area (Å²) in [6.45, 7) is 0. The Kier molecular flexibility index (Phi) is 6.02. The molecule has 0 N–H and O–H groups in total. The van der Waals surface area contributed by atoms with Crippen LogP contribution in [0.2, 0.25) is 5.02 Å². The van der Waals surface area contributed by atoms with Gasteiger partial charge in [-0.25, -0.2) is 18.2 Å². The maximum Gasteiger partial charge on any atom is 0.343 e. The number of carbonyl (C=O) groups is 1. The molecule has 28 heavy (non-hydrogen) atoms. The van der Waals surface area contributed by atoms with Gasteiger partial charge in [0.2, 0.25) is 0 Å². The summed E-state index contributed by atoms with van der Waals surface area (Å²) in [6.07, 6.45) is 1.54. The van der Waals surface area contributed by atoms with E-state index in [1.54, 1.807) is 36.5 Å². The van der Waals surface area contributed by atoms with Crippen molar-refractivity contribution in [2.24, 2.45) is 0 Å². The standard InChI is InChI=1S/C19H14BrClN2O4S/c1-23(15-7-3-6-14(21)12-15)28(25,26)16-8-2-5-13(11-16)19(24)27-17-9-4-10-22-18(17)20/h2-12H,1H3. The van der Waals surface area contributed by atoms with E-state index >= 15 is 0 Å². The molecule has 0 saturated carbocycles. The first kappa shape index (κ1) is 20.3. The molecular formula is C19H14BrClN2O4S. The highest BCUT2D eigenvalue weighted by Crippen LogP contribution is 2.26. The van der Waals surface area contributed by atoms with Gasteiger partial charge in [-0.15, -0.1) is 0 Å². The van der Waals surface area contributed by atoms with Gasteiger partial charge in [-0.3, -0.25) is 4.31 Å². The van der Waals surface area contributed by atoms with Gasteiger partial charge in [-0.05, 0) is 64.5 Å². The monoisotopic (exact) mass is 480 g/mol. The fraction of sp³-hybridized carbons (Fsp3) is 0.0526. The number of hydrogen-bond acceptors (Lipinski definition) is 5. The Labute approximate surface area is 175 Å². The van der Waals surface area contributed by atoms with Gasteiger partial charge in [0.05, 0.1) is 16.1 Å². The van der Waals surface area contributed by atoms with Crippen LogP contribution in [0.5, 0.6) is 5.75 Å². The molecule has 3 rings (SSSR count). The lowest BCUT2D eigenvalue weighted by atomic mass is 10.2. The molecule has 2 aromatic carbocycles. The van der Waals surface area contributed by atoms with E-state index < -0.39 is 16.0 Å². The third-order valence-electron chi connectivity index (χ3n) is 3.83. The molecule has 0 unspecified atom stereocenters. The average Bonchev–Trinajstić information content (AvgIpc) is 2.69. The second-order valence-corrected chi connectivity index (χ2v) is 8.82. The van der Waals surface area contributed by atoms with Crippen LogP contribution < -0.4 is 9.04 Å². The van der Waals surface area contributed by atoms with Crippen molar-refractivity contribution in [3.8, 4) is 5.75 Å². The van der Waals surface area contributed by atoms with E-state index in [1.807, 2.05) is 0 Å². The number of nitrogens with zero attached hydrogens (tertiary/aromatic N) is 2. The summed E-state index contributed by atoms with van der Waals surface area (Å²) < 4.78 is 32.6. The van der Waals surface area contributed by atoms with E-state index in [0.29, 0.717) is 15.3 Å². The number of aromatic nitrogens is 1. The molecule has 0 spiro atoms. The summed E-state index contributed by atoms with van der Waals surface area (Å²) in [5, 5.41) is 0.416. The van der Waals surface area contributed by atoms with Crippen LogP contribution in [-0.4, -0.2) is 26.4 Å². The summed E-state index contributed by atoms with van der Waals surface area (Å²) in [7, 11) is -2.49. The van der Waals surface area contributed by atoms with Gasteiger partial charge in [-0.2, -0.15) is 0 Å². The number of esters is 1.